The van der Waals surface area contributed by atoms with Gasteiger partial charge < -0.3 is 15.3 Å². The molecular weight excluding hydrogens is 582 g/mol. The first-order valence-corrected chi connectivity index (χ1v) is 14.5. The summed E-state index contributed by atoms with van der Waals surface area (Å²) in [5.74, 6) is 0. The van der Waals surface area contributed by atoms with Gasteiger partial charge in [-0.15, -0.1) is 0 Å². The monoisotopic (exact) mass is 612 g/mol. The van der Waals surface area contributed by atoms with Crippen LogP contribution in [0.25, 0.3) is 0 Å². The largest absolute Gasteiger partial charge is 0.421 e. The van der Waals surface area contributed by atoms with Crippen molar-refractivity contribution in [1.29, 1.82) is 0 Å². The second-order valence-corrected chi connectivity index (χ2v) is 12.6. The molecule has 15 heteroatoms. The van der Waals surface area contributed by atoms with E-state index in [0.717, 1.165) is 12.1 Å². The van der Waals surface area contributed by atoms with E-state index in [9.17, 15) is 39.9 Å². The minimum Gasteiger partial charge on any atom is -0.376 e. The van der Waals surface area contributed by atoms with Crippen molar-refractivity contribution in [2.45, 2.75) is 43.4 Å². The van der Waals surface area contributed by atoms with Crippen molar-refractivity contribution in [1.82, 2.24) is 14.5 Å². The number of anilines is 1. The Morgan fingerprint density at radius 2 is 1.73 bits per heavy atom. The van der Waals surface area contributed by atoms with Crippen LogP contribution in [-0.2, 0) is 15.6 Å². The lowest BCUT2D eigenvalue weighted by molar-refractivity contribution is -0.258. The molecule has 2 aliphatic heterocycles. The summed E-state index contributed by atoms with van der Waals surface area (Å²) in [6.45, 7) is 0.926. The van der Waals surface area contributed by atoms with Gasteiger partial charge in [0, 0.05) is 62.8 Å². The highest BCUT2D eigenvalue weighted by Gasteiger charge is 2.51. The van der Waals surface area contributed by atoms with E-state index < -0.39 is 40.1 Å². The van der Waals surface area contributed by atoms with E-state index in [1.807, 2.05) is 0 Å². The molecule has 4 rings (SSSR count). The van der Waals surface area contributed by atoms with E-state index >= 15 is 0 Å². The van der Waals surface area contributed by atoms with Crippen LogP contribution in [0.3, 0.4) is 0 Å². The first-order chi connectivity index (χ1) is 18.5. The topological polar surface area (TPSA) is 76.1 Å². The van der Waals surface area contributed by atoms with Gasteiger partial charge in [-0.2, -0.15) is 30.6 Å². The van der Waals surface area contributed by atoms with Gasteiger partial charge in [0.25, 0.3) is 0 Å². The maximum atomic E-state index is 13.5. The second kappa shape index (κ2) is 11.3. The summed E-state index contributed by atoms with van der Waals surface area (Å²) in [7, 11) is -3.98. The fourth-order valence-corrected chi connectivity index (χ4v) is 7.14. The highest BCUT2D eigenvalue weighted by atomic mass is 32.2. The summed E-state index contributed by atoms with van der Waals surface area (Å²) in [6.07, 6.45) is -4.29. The van der Waals surface area contributed by atoms with Crippen LogP contribution in [0.15, 0.2) is 47.4 Å². The predicted molar refractivity (Wildman–Crippen MR) is 142 cm³/mol. The molecule has 0 unspecified atom stereocenters. The van der Waals surface area contributed by atoms with Crippen LogP contribution in [-0.4, -0.2) is 97.8 Å². The summed E-state index contributed by atoms with van der Waals surface area (Å²) in [5.41, 5.74) is -2.99. The molecule has 7 nitrogen and oxygen atoms in total. The van der Waals surface area contributed by atoms with Crippen molar-refractivity contribution < 1.29 is 39.9 Å². The van der Waals surface area contributed by atoms with Crippen molar-refractivity contribution in [2.24, 2.45) is 0 Å². The molecule has 3 atom stereocenters. The Labute approximate surface area is 234 Å². The number of aliphatic hydroxyl groups is 1. The van der Waals surface area contributed by atoms with Crippen LogP contribution >= 0.6 is 12.2 Å². The average Bonchev–Trinajstić information content (AvgIpc) is 2.88. The van der Waals surface area contributed by atoms with Gasteiger partial charge >= 0.3 is 12.4 Å². The predicted octanol–water partition coefficient (Wildman–Crippen LogP) is 3.33. The number of hydrogen-bond donors (Lipinski definition) is 2. The first-order valence-electron chi connectivity index (χ1n) is 12.6. The van der Waals surface area contributed by atoms with Crippen LogP contribution in [0.2, 0.25) is 0 Å². The molecule has 1 aromatic carbocycles. The van der Waals surface area contributed by atoms with Crippen LogP contribution in [0, 0.1) is 0 Å². The normalized spacial score (nSPS) is 25.6. The molecule has 2 N–H and O–H groups in total. The molecule has 2 heterocycles. The minimum atomic E-state index is -4.90. The molecule has 222 valence electrons. The quantitative estimate of drug-likeness (QED) is 0.377. The third kappa shape index (κ3) is 6.39. The minimum absolute atomic E-state index is 0.00948. The Morgan fingerprint density at radius 1 is 1.05 bits per heavy atom. The highest BCUT2D eigenvalue weighted by Crippen LogP contribution is 2.39. The van der Waals surface area contributed by atoms with E-state index in [0.29, 0.717) is 25.6 Å². The van der Waals surface area contributed by atoms with Crippen molar-refractivity contribution in [3.05, 3.63) is 53.0 Å². The number of nitrogens with zero attached hydrogens (tertiary/aromatic N) is 3. The molecule has 0 bridgehead atoms. The maximum Gasteiger partial charge on any atom is 0.421 e. The fourth-order valence-electron chi connectivity index (χ4n) is 5.07. The number of thiocarbonyl (C=S) groups is 1. The number of sulfonamides is 1. The second-order valence-electron chi connectivity index (χ2n) is 10.2. The Balaban J connectivity index is 1.61. The van der Waals surface area contributed by atoms with Gasteiger partial charge in [0.1, 0.15) is 6.04 Å². The number of benzene rings is 1. The van der Waals surface area contributed by atoms with Gasteiger partial charge in [0.2, 0.25) is 10.0 Å². The standard InChI is InChI=1S/C25H30F6N4O3S2/c1-23(36,25(29,30)31)17-6-8-18(9-7-17)35-13-12-34(40(37,38)21-5-3-2-4-20(21)39)15-19(35)14-33-11-10-32-22(16-33)24(26,27)28/h2-3,5-9,19,22,32,36H,4,10-16H2,1H3/t19-,22+,23-/m0/s1. The lowest BCUT2D eigenvalue weighted by Crippen LogP contribution is -2.62. The average molecular weight is 613 g/mol. The van der Waals surface area contributed by atoms with Gasteiger partial charge in [-0.3, -0.25) is 4.90 Å². The van der Waals surface area contributed by atoms with Crippen molar-refractivity contribution in [3.8, 4) is 0 Å². The van der Waals surface area contributed by atoms with Crippen molar-refractivity contribution in [3.63, 3.8) is 0 Å². The summed E-state index contributed by atoms with van der Waals surface area (Å²) < 4.78 is 108. The summed E-state index contributed by atoms with van der Waals surface area (Å²) >= 11 is 5.26. The smallest absolute Gasteiger partial charge is 0.376 e. The molecule has 2 fully saturated rings. The van der Waals surface area contributed by atoms with Gasteiger partial charge in [-0.05, 0) is 30.7 Å². The Hall–Kier alpha value is -2.04. The van der Waals surface area contributed by atoms with Crippen molar-refractivity contribution >= 4 is 32.8 Å². The van der Waals surface area contributed by atoms with Gasteiger partial charge in [0.15, 0.2) is 5.60 Å². The summed E-state index contributed by atoms with van der Waals surface area (Å²) in [5, 5.41) is 12.5. The number of hydrogen-bond acceptors (Lipinski definition) is 7. The lowest BCUT2D eigenvalue weighted by atomic mass is 9.95. The van der Waals surface area contributed by atoms with E-state index in [4.69, 9.17) is 12.2 Å². The lowest BCUT2D eigenvalue weighted by Gasteiger charge is -2.45. The van der Waals surface area contributed by atoms with Crippen LogP contribution in [0.5, 0.6) is 0 Å². The SMILES string of the molecule is C[C@](O)(c1ccc(N2CCN(S(=O)(=O)C3=CC=CCC3=S)C[C@@H]2CN2CCN[C@@H](C(F)(F)F)C2)cc1)C(F)(F)F. The van der Waals surface area contributed by atoms with Crippen LogP contribution in [0.1, 0.15) is 18.9 Å². The van der Waals surface area contributed by atoms with E-state index in [-0.39, 0.29) is 54.6 Å². The zero-order valence-electron chi connectivity index (χ0n) is 21.5. The van der Waals surface area contributed by atoms with E-state index in [1.165, 1.54) is 22.5 Å². The third-order valence-electron chi connectivity index (χ3n) is 7.46. The molecule has 0 saturated carbocycles. The van der Waals surface area contributed by atoms with E-state index in [2.05, 4.69) is 5.32 Å². The molecule has 2 saturated heterocycles. The summed E-state index contributed by atoms with van der Waals surface area (Å²) in [4.78, 5) is 3.67. The molecule has 1 aliphatic carbocycles. The van der Waals surface area contributed by atoms with Gasteiger partial charge in [-0.25, -0.2) is 8.42 Å². The van der Waals surface area contributed by atoms with Crippen LogP contribution in [0.4, 0.5) is 32.0 Å². The fraction of sp³-hybridized carbons (Fsp3) is 0.560. The molecule has 0 spiro atoms. The van der Waals surface area contributed by atoms with Gasteiger partial charge in [-0.1, -0.05) is 36.5 Å². The van der Waals surface area contributed by atoms with Crippen molar-refractivity contribution in [2.75, 3.05) is 50.7 Å². The molecule has 0 amide bonds. The third-order valence-corrected chi connectivity index (χ3v) is 9.93. The zero-order chi connectivity index (χ0) is 29.5. The Bertz CT molecular complexity index is 1260. The number of piperazine rings is 2. The highest BCUT2D eigenvalue weighted by molar-refractivity contribution is 7.96. The zero-order valence-corrected chi connectivity index (χ0v) is 23.2. The molecule has 40 heavy (non-hydrogen) atoms. The number of halogens is 6. The maximum absolute atomic E-state index is 13.5. The molecule has 3 aliphatic rings. The number of allylic oxidation sites excluding steroid dienone is 4. The Morgan fingerprint density at radius 3 is 2.33 bits per heavy atom. The molecular formula is C25H30F6N4O3S2. The number of nitrogens with one attached hydrogen (secondary N) is 1. The number of rotatable bonds is 6. The van der Waals surface area contributed by atoms with Gasteiger partial charge in [0.05, 0.1) is 10.9 Å². The first kappa shape index (κ1) is 30.9. The van der Waals surface area contributed by atoms with Crippen LogP contribution < -0.4 is 10.2 Å². The number of alkyl halides is 6. The molecule has 0 aromatic heterocycles. The summed E-state index contributed by atoms with van der Waals surface area (Å²) in [6, 6.07) is 2.73. The molecule has 1 aromatic rings. The van der Waals surface area contributed by atoms with E-state index in [1.54, 1.807) is 22.0 Å². The molecule has 0 radical (unpaired) electrons. The Kier molecular flexibility index (Phi) is 8.75.